The quantitative estimate of drug-likeness (QED) is 0.298. The number of allylic oxidation sites excluding steroid dienone is 1. The Balaban J connectivity index is 1.35. The SMILES string of the molecule is CC(C)OC(=O)C1CCN(C(=O)c2ccc(C(=O)/C=C/c3ccc4ccccc4n3)cc2)CC1. The normalized spacial score (nSPS) is 14.6. The third-order valence-electron chi connectivity index (χ3n) is 5.91. The number of hydrogen-bond donors (Lipinski definition) is 0. The lowest BCUT2D eigenvalue weighted by molar-refractivity contribution is -0.153. The van der Waals surface area contributed by atoms with Crippen LogP contribution >= 0.6 is 0 Å². The van der Waals surface area contributed by atoms with Crippen molar-refractivity contribution in [2.24, 2.45) is 5.92 Å². The van der Waals surface area contributed by atoms with Crippen molar-refractivity contribution in [3.8, 4) is 0 Å². The number of nitrogens with zero attached hydrogens (tertiary/aromatic N) is 2. The molecule has 0 unspecified atom stereocenters. The largest absolute Gasteiger partial charge is 0.463 e. The highest BCUT2D eigenvalue weighted by Gasteiger charge is 2.29. The van der Waals surface area contributed by atoms with Gasteiger partial charge in [-0.25, -0.2) is 4.98 Å². The first-order chi connectivity index (χ1) is 16.4. The fourth-order valence-electron chi connectivity index (χ4n) is 4.04. The van der Waals surface area contributed by atoms with Crippen LogP contribution in [0.4, 0.5) is 0 Å². The van der Waals surface area contributed by atoms with Crippen molar-refractivity contribution in [1.29, 1.82) is 0 Å². The summed E-state index contributed by atoms with van der Waals surface area (Å²) in [4.78, 5) is 43.8. The van der Waals surface area contributed by atoms with E-state index < -0.39 is 0 Å². The average molecular weight is 457 g/mol. The zero-order chi connectivity index (χ0) is 24.1. The van der Waals surface area contributed by atoms with Gasteiger partial charge in [0, 0.05) is 29.6 Å². The second kappa shape index (κ2) is 10.4. The molecule has 1 aromatic heterocycles. The van der Waals surface area contributed by atoms with Crippen LogP contribution in [0, 0.1) is 5.92 Å². The summed E-state index contributed by atoms with van der Waals surface area (Å²) in [5.41, 5.74) is 2.61. The van der Waals surface area contributed by atoms with Gasteiger partial charge < -0.3 is 9.64 Å². The van der Waals surface area contributed by atoms with E-state index in [1.54, 1.807) is 35.2 Å². The van der Waals surface area contributed by atoms with Gasteiger partial charge >= 0.3 is 5.97 Å². The summed E-state index contributed by atoms with van der Waals surface area (Å²) in [6.07, 6.45) is 4.26. The van der Waals surface area contributed by atoms with E-state index in [0.717, 1.165) is 10.9 Å². The van der Waals surface area contributed by atoms with E-state index >= 15 is 0 Å². The minimum absolute atomic E-state index is 0.0921. The highest BCUT2D eigenvalue weighted by molar-refractivity contribution is 6.07. The molecule has 0 saturated carbocycles. The Labute approximate surface area is 199 Å². The fraction of sp³-hybridized carbons (Fsp3) is 0.286. The molecule has 0 bridgehead atoms. The zero-order valence-corrected chi connectivity index (χ0v) is 19.4. The number of pyridine rings is 1. The highest BCUT2D eigenvalue weighted by atomic mass is 16.5. The second-order valence-electron chi connectivity index (χ2n) is 8.76. The van der Waals surface area contributed by atoms with Crippen LogP contribution in [0.15, 0.2) is 66.7 Å². The predicted octanol–water partition coefficient (Wildman–Crippen LogP) is 4.93. The summed E-state index contributed by atoms with van der Waals surface area (Å²) in [7, 11) is 0. The molecular weight excluding hydrogens is 428 g/mol. The van der Waals surface area contributed by atoms with Crippen molar-refractivity contribution in [1.82, 2.24) is 9.88 Å². The zero-order valence-electron chi connectivity index (χ0n) is 19.4. The summed E-state index contributed by atoms with van der Waals surface area (Å²) in [5, 5.41) is 1.05. The number of benzene rings is 2. The summed E-state index contributed by atoms with van der Waals surface area (Å²) in [6, 6.07) is 18.4. The third-order valence-corrected chi connectivity index (χ3v) is 5.91. The van der Waals surface area contributed by atoms with E-state index in [2.05, 4.69) is 4.98 Å². The smallest absolute Gasteiger partial charge is 0.309 e. The van der Waals surface area contributed by atoms with E-state index in [-0.39, 0.29) is 29.7 Å². The summed E-state index contributed by atoms with van der Waals surface area (Å²) in [6.45, 7) is 4.69. The Kier molecular flexibility index (Phi) is 7.16. The Hall–Kier alpha value is -3.80. The minimum Gasteiger partial charge on any atom is -0.463 e. The van der Waals surface area contributed by atoms with Crippen molar-refractivity contribution in [3.05, 3.63) is 83.6 Å². The van der Waals surface area contributed by atoms with E-state index in [1.807, 2.05) is 50.2 Å². The number of aromatic nitrogens is 1. The number of rotatable bonds is 6. The molecule has 4 rings (SSSR count). The first-order valence-electron chi connectivity index (χ1n) is 11.6. The molecule has 0 radical (unpaired) electrons. The molecule has 1 amide bonds. The lowest BCUT2D eigenvalue weighted by Gasteiger charge is -2.31. The van der Waals surface area contributed by atoms with E-state index in [9.17, 15) is 14.4 Å². The number of esters is 1. The number of amides is 1. The molecule has 6 heteroatoms. The third kappa shape index (κ3) is 5.57. The number of likely N-dealkylation sites (tertiary alicyclic amines) is 1. The van der Waals surface area contributed by atoms with Crippen LogP contribution in [0.5, 0.6) is 0 Å². The van der Waals surface area contributed by atoms with Crippen molar-refractivity contribution < 1.29 is 19.1 Å². The maximum Gasteiger partial charge on any atom is 0.309 e. The maximum absolute atomic E-state index is 12.9. The molecule has 1 aliphatic rings. The van der Waals surface area contributed by atoms with Gasteiger partial charge in [-0.1, -0.05) is 36.4 Å². The number of hydrogen-bond acceptors (Lipinski definition) is 5. The number of para-hydroxylation sites is 1. The molecule has 3 aromatic rings. The van der Waals surface area contributed by atoms with Crippen LogP contribution in [0.25, 0.3) is 17.0 Å². The van der Waals surface area contributed by atoms with Crippen molar-refractivity contribution >= 4 is 34.6 Å². The van der Waals surface area contributed by atoms with Gasteiger partial charge in [-0.2, -0.15) is 0 Å². The lowest BCUT2D eigenvalue weighted by Crippen LogP contribution is -2.41. The van der Waals surface area contributed by atoms with Crippen molar-refractivity contribution in [3.63, 3.8) is 0 Å². The molecule has 0 atom stereocenters. The molecule has 2 aromatic carbocycles. The molecule has 0 spiro atoms. The number of carbonyl (C=O) groups excluding carboxylic acids is 3. The van der Waals surface area contributed by atoms with Gasteiger partial charge in [-0.15, -0.1) is 0 Å². The standard InChI is InChI=1S/C28H28N2O4/c1-19(2)34-28(33)23-15-17-30(18-16-23)27(32)22-9-7-21(8-10-22)26(31)14-13-24-12-11-20-5-3-4-6-25(20)29-24/h3-14,19,23H,15-18H2,1-2H3/b14-13+. The van der Waals surface area contributed by atoms with Gasteiger partial charge in [0.25, 0.3) is 5.91 Å². The van der Waals surface area contributed by atoms with Crippen LogP contribution in [-0.2, 0) is 9.53 Å². The molecule has 2 heterocycles. The number of carbonyl (C=O) groups is 3. The molecule has 174 valence electrons. The first kappa shape index (κ1) is 23.4. The minimum atomic E-state index is -0.183. The Morgan fingerprint density at radius 3 is 2.32 bits per heavy atom. The molecule has 6 nitrogen and oxygen atoms in total. The maximum atomic E-state index is 12.9. The summed E-state index contributed by atoms with van der Waals surface area (Å²) < 4.78 is 5.29. The molecular formula is C28H28N2O4. The predicted molar refractivity (Wildman–Crippen MR) is 131 cm³/mol. The van der Waals surface area contributed by atoms with E-state index in [1.165, 1.54) is 6.08 Å². The molecule has 0 N–H and O–H groups in total. The van der Waals surface area contributed by atoms with Gasteiger partial charge in [-0.3, -0.25) is 14.4 Å². The highest BCUT2D eigenvalue weighted by Crippen LogP contribution is 2.21. The van der Waals surface area contributed by atoms with E-state index in [0.29, 0.717) is 42.8 Å². The van der Waals surface area contributed by atoms with Gasteiger partial charge in [0.1, 0.15) is 0 Å². The number of ether oxygens (including phenoxy) is 1. The number of fused-ring (bicyclic) bond motifs is 1. The first-order valence-corrected chi connectivity index (χ1v) is 11.6. The molecule has 1 saturated heterocycles. The van der Waals surface area contributed by atoms with Gasteiger partial charge in [-0.05, 0) is 63.1 Å². The number of piperidine rings is 1. The summed E-state index contributed by atoms with van der Waals surface area (Å²) in [5.74, 6) is -0.587. The van der Waals surface area contributed by atoms with Crippen LogP contribution < -0.4 is 0 Å². The van der Waals surface area contributed by atoms with Gasteiger partial charge in [0.05, 0.1) is 23.2 Å². The topological polar surface area (TPSA) is 76.6 Å². The van der Waals surface area contributed by atoms with Crippen LogP contribution in [0.2, 0.25) is 0 Å². The fourth-order valence-corrected chi connectivity index (χ4v) is 4.04. The summed E-state index contributed by atoms with van der Waals surface area (Å²) >= 11 is 0. The Bertz CT molecular complexity index is 1220. The Morgan fingerprint density at radius 1 is 0.941 bits per heavy atom. The molecule has 0 aliphatic carbocycles. The average Bonchev–Trinajstić information content (AvgIpc) is 2.86. The molecule has 34 heavy (non-hydrogen) atoms. The molecule has 1 fully saturated rings. The van der Waals surface area contributed by atoms with Gasteiger partial charge in [0.15, 0.2) is 5.78 Å². The monoisotopic (exact) mass is 456 g/mol. The Morgan fingerprint density at radius 2 is 1.62 bits per heavy atom. The van der Waals surface area contributed by atoms with Crippen LogP contribution in [0.3, 0.4) is 0 Å². The lowest BCUT2D eigenvalue weighted by atomic mass is 9.96. The molecule has 1 aliphatic heterocycles. The van der Waals surface area contributed by atoms with Crippen molar-refractivity contribution in [2.45, 2.75) is 32.8 Å². The second-order valence-corrected chi connectivity index (χ2v) is 8.76. The van der Waals surface area contributed by atoms with E-state index in [4.69, 9.17) is 4.74 Å². The van der Waals surface area contributed by atoms with Crippen LogP contribution in [-0.4, -0.2) is 46.7 Å². The van der Waals surface area contributed by atoms with Gasteiger partial charge in [0.2, 0.25) is 0 Å². The van der Waals surface area contributed by atoms with Crippen LogP contribution in [0.1, 0.15) is 53.1 Å². The van der Waals surface area contributed by atoms with Crippen molar-refractivity contribution in [2.75, 3.05) is 13.1 Å². The number of ketones is 1.